The molecule has 1 radical (unpaired) electrons. The van der Waals surface area contributed by atoms with Crippen molar-refractivity contribution in [2.24, 2.45) is 0 Å². The molecule has 0 aromatic heterocycles. The first kappa shape index (κ1) is 28.0. The highest BCUT2D eigenvalue weighted by atomic mass is 28.4. The largest absolute Gasteiger partial charge is 0.414 e. The van der Waals surface area contributed by atoms with Gasteiger partial charge in [-0.15, -0.1) is 0 Å². The van der Waals surface area contributed by atoms with E-state index in [-0.39, 0.29) is 22.3 Å². The molecule has 0 saturated carbocycles. The van der Waals surface area contributed by atoms with Crippen LogP contribution in [0.2, 0.25) is 23.2 Å². The highest BCUT2D eigenvalue weighted by molar-refractivity contribution is 6.99. The van der Waals surface area contributed by atoms with Gasteiger partial charge in [-0.05, 0) is 40.5 Å². The van der Waals surface area contributed by atoms with Crippen LogP contribution in [0.4, 0.5) is 0 Å². The summed E-state index contributed by atoms with van der Waals surface area (Å²) in [6, 6.07) is 21.5. The lowest BCUT2D eigenvalue weighted by Gasteiger charge is -2.45. The van der Waals surface area contributed by atoms with Crippen LogP contribution in [0, 0.1) is 6.42 Å². The molecule has 183 valence electrons. The molecule has 0 heterocycles. The lowest BCUT2D eigenvalue weighted by molar-refractivity contribution is 0.0579. The van der Waals surface area contributed by atoms with Gasteiger partial charge >= 0.3 is 0 Å². The number of ether oxygens (including phenoxy) is 1. The van der Waals surface area contributed by atoms with Crippen molar-refractivity contribution >= 4 is 27.0 Å². The molecule has 2 aromatic carbocycles. The summed E-state index contributed by atoms with van der Waals surface area (Å²) in [6.07, 6.45) is 1.96. The predicted molar refractivity (Wildman–Crippen MR) is 146 cm³/mol. The summed E-state index contributed by atoms with van der Waals surface area (Å²) in [7, 11) is -2.69. The molecular weight excluding hydrogens is 440 g/mol. The summed E-state index contributed by atoms with van der Waals surface area (Å²) < 4.78 is 19.4. The molecule has 0 aliphatic heterocycles. The van der Waals surface area contributed by atoms with Gasteiger partial charge < -0.3 is 13.6 Å². The van der Waals surface area contributed by atoms with Crippen molar-refractivity contribution in [3.05, 3.63) is 67.1 Å². The Balaban J connectivity index is 2.33. The minimum Gasteiger partial charge on any atom is -0.414 e. The van der Waals surface area contributed by atoms with Crippen molar-refractivity contribution in [3.8, 4) is 0 Å². The third kappa shape index (κ3) is 6.67. The fourth-order valence-electron chi connectivity index (χ4n) is 4.02. The Bertz CT molecular complexity index is 799. The standard InChI is InChI=1S/C28H45O3Si2/c1-23(21-24(29-8)22-30-32(9,10)27(2,3)4)31-33(28(5,6)7,25-17-13-11-14-18-25)26-19-15-12-16-20-26/h11-21,23-24H,22H2,1-10H3/t23-,24+/m0/s1. The minimum atomic E-state index is -2.60. The van der Waals surface area contributed by atoms with Crippen LogP contribution in [-0.2, 0) is 13.6 Å². The van der Waals surface area contributed by atoms with Crippen molar-refractivity contribution in [1.82, 2.24) is 0 Å². The van der Waals surface area contributed by atoms with Gasteiger partial charge in [-0.2, -0.15) is 0 Å². The van der Waals surface area contributed by atoms with E-state index in [2.05, 4.69) is 129 Å². The maximum Gasteiger partial charge on any atom is 0.261 e. The zero-order valence-electron chi connectivity index (χ0n) is 22.4. The zero-order valence-corrected chi connectivity index (χ0v) is 24.4. The van der Waals surface area contributed by atoms with Crippen molar-refractivity contribution in [3.63, 3.8) is 0 Å². The molecule has 0 aliphatic rings. The molecule has 3 nitrogen and oxygen atoms in total. The fourth-order valence-corrected chi connectivity index (χ4v) is 9.69. The normalized spacial score (nSPS) is 15.3. The molecular formula is C28H45O3Si2. The van der Waals surface area contributed by atoms with Gasteiger partial charge in [0.2, 0.25) is 0 Å². The number of hydrogen-bond donors (Lipinski definition) is 0. The number of hydrogen-bond acceptors (Lipinski definition) is 3. The molecule has 33 heavy (non-hydrogen) atoms. The number of rotatable bonds is 10. The molecule has 0 spiro atoms. The first-order valence-electron chi connectivity index (χ1n) is 12.1. The van der Waals surface area contributed by atoms with Gasteiger partial charge in [-0.1, -0.05) is 102 Å². The van der Waals surface area contributed by atoms with Gasteiger partial charge in [-0.3, -0.25) is 0 Å². The minimum absolute atomic E-state index is 0.0575. The van der Waals surface area contributed by atoms with E-state index >= 15 is 0 Å². The highest BCUT2D eigenvalue weighted by Gasteiger charge is 2.51. The molecule has 2 atom stereocenters. The van der Waals surface area contributed by atoms with Crippen LogP contribution in [0.15, 0.2) is 60.7 Å². The van der Waals surface area contributed by atoms with Gasteiger partial charge in [-0.25, -0.2) is 0 Å². The second-order valence-corrected chi connectivity index (χ2v) is 20.6. The van der Waals surface area contributed by atoms with E-state index in [4.69, 9.17) is 13.6 Å². The van der Waals surface area contributed by atoms with E-state index < -0.39 is 16.6 Å². The fraction of sp³-hybridized carbons (Fsp3) is 0.536. The van der Waals surface area contributed by atoms with E-state index in [1.54, 1.807) is 7.11 Å². The average molecular weight is 486 g/mol. The maximum absolute atomic E-state index is 7.17. The third-order valence-corrected chi connectivity index (χ3v) is 16.6. The van der Waals surface area contributed by atoms with E-state index in [1.165, 1.54) is 10.4 Å². The van der Waals surface area contributed by atoms with Gasteiger partial charge in [0.1, 0.15) is 0 Å². The quantitative estimate of drug-likeness (QED) is 0.375. The van der Waals surface area contributed by atoms with Crippen LogP contribution < -0.4 is 10.4 Å². The molecule has 0 bridgehead atoms. The van der Waals surface area contributed by atoms with Crippen LogP contribution in [0.3, 0.4) is 0 Å². The van der Waals surface area contributed by atoms with E-state index in [9.17, 15) is 0 Å². The maximum atomic E-state index is 7.17. The summed E-state index contributed by atoms with van der Waals surface area (Å²) in [6.45, 7) is 21.0. The molecule has 2 aromatic rings. The SMILES string of the molecule is CO[C@H]([CH][C@H](C)O[Si](c1ccccc1)(c1ccccc1)C(C)(C)C)CO[Si](C)(C)C(C)(C)C. The Labute approximate surface area is 205 Å². The predicted octanol–water partition coefficient (Wildman–Crippen LogP) is 6.19. The smallest absolute Gasteiger partial charge is 0.261 e. The highest BCUT2D eigenvalue weighted by Crippen LogP contribution is 2.38. The Morgan fingerprint density at radius 1 is 0.788 bits per heavy atom. The topological polar surface area (TPSA) is 27.7 Å². The summed E-state index contributed by atoms with van der Waals surface area (Å²) in [5, 5.41) is 2.69. The lowest BCUT2D eigenvalue weighted by Crippen LogP contribution is -2.67. The van der Waals surface area contributed by atoms with Crippen LogP contribution >= 0.6 is 0 Å². The molecule has 0 unspecified atom stereocenters. The van der Waals surface area contributed by atoms with Crippen LogP contribution in [-0.4, -0.2) is 42.6 Å². The summed E-state index contributed by atoms with van der Waals surface area (Å²) in [4.78, 5) is 0. The molecule has 0 saturated heterocycles. The molecule has 5 heteroatoms. The molecule has 0 fully saturated rings. The van der Waals surface area contributed by atoms with Crippen LogP contribution in [0.25, 0.3) is 0 Å². The second-order valence-electron chi connectivity index (χ2n) is 11.5. The van der Waals surface area contributed by atoms with Gasteiger partial charge in [0.05, 0.1) is 12.7 Å². The molecule has 0 N–H and O–H groups in total. The van der Waals surface area contributed by atoms with E-state index in [0.29, 0.717) is 6.61 Å². The van der Waals surface area contributed by atoms with Crippen molar-refractivity contribution < 1.29 is 13.6 Å². The third-order valence-electron chi connectivity index (χ3n) is 6.98. The van der Waals surface area contributed by atoms with Gasteiger partial charge in [0.15, 0.2) is 8.32 Å². The molecule has 0 amide bonds. The van der Waals surface area contributed by atoms with Crippen LogP contribution in [0.5, 0.6) is 0 Å². The number of benzene rings is 2. The first-order valence-corrected chi connectivity index (χ1v) is 16.9. The Kier molecular flexibility index (Phi) is 9.33. The van der Waals surface area contributed by atoms with E-state index in [1.807, 2.05) is 0 Å². The Hall–Kier alpha value is -1.25. The summed E-state index contributed by atoms with van der Waals surface area (Å²) in [5.74, 6) is 0. The van der Waals surface area contributed by atoms with Crippen molar-refractivity contribution in [1.29, 1.82) is 0 Å². The first-order chi connectivity index (χ1) is 15.2. The van der Waals surface area contributed by atoms with Crippen LogP contribution in [0.1, 0.15) is 48.5 Å². The van der Waals surface area contributed by atoms with Gasteiger partial charge in [0.25, 0.3) is 8.32 Å². The second kappa shape index (κ2) is 11.0. The molecule has 0 aliphatic carbocycles. The number of methoxy groups -OCH3 is 1. The lowest BCUT2D eigenvalue weighted by atomic mass is 10.2. The van der Waals surface area contributed by atoms with Gasteiger partial charge in [0, 0.05) is 19.6 Å². The van der Waals surface area contributed by atoms with Crippen molar-refractivity contribution in [2.75, 3.05) is 13.7 Å². The summed E-state index contributed by atoms with van der Waals surface area (Å²) >= 11 is 0. The van der Waals surface area contributed by atoms with Crippen molar-refractivity contribution in [2.45, 2.75) is 83.8 Å². The monoisotopic (exact) mass is 485 g/mol. The van der Waals surface area contributed by atoms with E-state index in [0.717, 1.165) is 0 Å². The Morgan fingerprint density at radius 3 is 1.61 bits per heavy atom. The zero-order chi connectivity index (χ0) is 24.9. The Morgan fingerprint density at radius 2 is 1.24 bits per heavy atom. The molecule has 2 rings (SSSR count). The summed E-state index contributed by atoms with van der Waals surface area (Å²) in [5.41, 5.74) is 0. The average Bonchev–Trinajstić information content (AvgIpc) is 2.74.